The summed E-state index contributed by atoms with van der Waals surface area (Å²) in [6.45, 7) is 3.51. The largest absolute Gasteiger partial charge is 0.334 e. The van der Waals surface area contributed by atoms with Gasteiger partial charge in [0.25, 0.3) is 0 Å². The SMILES string of the molecule is C=Cc1nc(-c2cscn2)no1. The lowest BCUT2D eigenvalue weighted by atomic mass is 10.5. The van der Waals surface area contributed by atoms with Gasteiger partial charge in [0.1, 0.15) is 5.69 Å². The van der Waals surface area contributed by atoms with Crippen molar-refractivity contribution in [1.82, 2.24) is 15.1 Å². The van der Waals surface area contributed by atoms with E-state index in [0.29, 0.717) is 11.7 Å². The van der Waals surface area contributed by atoms with Crippen molar-refractivity contribution in [3.63, 3.8) is 0 Å². The van der Waals surface area contributed by atoms with Crippen molar-refractivity contribution >= 4 is 17.4 Å². The molecule has 0 radical (unpaired) electrons. The van der Waals surface area contributed by atoms with Gasteiger partial charge in [0.15, 0.2) is 0 Å². The zero-order chi connectivity index (χ0) is 8.39. The molecule has 2 aromatic rings. The molecule has 5 heteroatoms. The first kappa shape index (κ1) is 7.17. The van der Waals surface area contributed by atoms with Crippen LogP contribution in [0.2, 0.25) is 0 Å². The number of rotatable bonds is 2. The van der Waals surface area contributed by atoms with Gasteiger partial charge in [-0.3, -0.25) is 0 Å². The van der Waals surface area contributed by atoms with Crippen molar-refractivity contribution in [2.24, 2.45) is 0 Å². The molecule has 4 nitrogen and oxygen atoms in total. The minimum Gasteiger partial charge on any atom is -0.334 e. The minimum absolute atomic E-state index is 0.415. The average Bonchev–Trinajstić information content (AvgIpc) is 2.75. The van der Waals surface area contributed by atoms with Crippen LogP contribution in [-0.2, 0) is 0 Å². The van der Waals surface area contributed by atoms with Gasteiger partial charge in [-0.25, -0.2) is 4.98 Å². The van der Waals surface area contributed by atoms with Gasteiger partial charge in [0.2, 0.25) is 11.7 Å². The average molecular weight is 179 g/mol. The highest BCUT2D eigenvalue weighted by molar-refractivity contribution is 7.07. The van der Waals surface area contributed by atoms with Crippen molar-refractivity contribution in [2.45, 2.75) is 0 Å². The Morgan fingerprint density at radius 2 is 2.50 bits per heavy atom. The normalized spacial score (nSPS) is 10.0. The van der Waals surface area contributed by atoms with Crippen LogP contribution in [0.25, 0.3) is 17.6 Å². The van der Waals surface area contributed by atoms with E-state index >= 15 is 0 Å². The van der Waals surface area contributed by atoms with E-state index in [9.17, 15) is 0 Å². The Bertz CT molecular complexity index is 379. The molecule has 0 bridgehead atoms. The maximum Gasteiger partial charge on any atom is 0.250 e. The molecule has 0 unspecified atom stereocenters. The second-order valence-corrected chi connectivity index (χ2v) is 2.75. The molecule has 12 heavy (non-hydrogen) atoms. The minimum atomic E-state index is 0.415. The maximum atomic E-state index is 4.82. The molecule has 2 rings (SSSR count). The zero-order valence-electron chi connectivity index (χ0n) is 6.10. The Hall–Kier alpha value is -1.49. The Kier molecular flexibility index (Phi) is 1.71. The smallest absolute Gasteiger partial charge is 0.250 e. The first-order valence-corrected chi connectivity index (χ1v) is 4.19. The van der Waals surface area contributed by atoms with Gasteiger partial charge in [0, 0.05) is 5.38 Å². The van der Waals surface area contributed by atoms with E-state index < -0.39 is 0 Å². The van der Waals surface area contributed by atoms with Gasteiger partial charge in [-0.05, 0) is 6.08 Å². The topological polar surface area (TPSA) is 51.8 Å². The highest BCUT2D eigenvalue weighted by Crippen LogP contribution is 2.15. The van der Waals surface area contributed by atoms with Crippen molar-refractivity contribution in [1.29, 1.82) is 0 Å². The molecule has 0 amide bonds. The van der Waals surface area contributed by atoms with Crippen LogP contribution in [0.5, 0.6) is 0 Å². The van der Waals surface area contributed by atoms with Gasteiger partial charge in [-0.15, -0.1) is 11.3 Å². The van der Waals surface area contributed by atoms with E-state index in [1.807, 2.05) is 5.38 Å². The molecule has 0 aliphatic heterocycles. The number of aromatic nitrogens is 3. The van der Waals surface area contributed by atoms with Crippen LogP contribution in [0.3, 0.4) is 0 Å². The van der Waals surface area contributed by atoms with E-state index in [2.05, 4.69) is 21.7 Å². The fourth-order valence-electron chi connectivity index (χ4n) is 0.745. The van der Waals surface area contributed by atoms with E-state index in [1.54, 1.807) is 5.51 Å². The van der Waals surface area contributed by atoms with Gasteiger partial charge < -0.3 is 4.52 Å². The molecule has 0 spiro atoms. The summed E-state index contributed by atoms with van der Waals surface area (Å²) in [6, 6.07) is 0. The Morgan fingerprint density at radius 3 is 3.08 bits per heavy atom. The third kappa shape index (κ3) is 1.14. The lowest BCUT2D eigenvalue weighted by Gasteiger charge is -1.79. The van der Waals surface area contributed by atoms with Gasteiger partial charge in [-0.2, -0.15) is 4.98 Å². The van der Waals surface area contributed by atoms with E-state index in [0.717, 1.165) is 5.69 Å². The summed E-state index contributed by atoms with van der Waals surface area (Å²) in [5, 5.41) is 5.58. The molecule has 0 atom stereocenters. The van der Waals surface area contributed by atoms with Crippen molar-refractivity contribution in [3.8, 4) is 11.5 Å². The third-order valence-electron chi connectivity index (χ3n) is 1.28. The van der Waals surface area contributed by atoms with E-state index in [-0.39, 0.29) is 0 Å². The summed E-state index contributed by atoms with van der Waals surface area (Å²) in [5.41, 5.74) is 2.45. The highest BCUT2D eigenvalue weighted by Gasteiger charge is 2.06. The Balaban J connectivity index is 2.41. The van der Waals surface area contributed by atoms with Crippen LogP contribution < -0.4 is 0 Å². The molecule has 2 aromatic heterocycles. The molecule has 0 saturated heterocycles. The quantitative estimate of drug-likeness (QED) is 0.705. The van der Waals surface area contributed by atoms with Crippen LogP contribution in [0.4, 0.5) is 0 Å². The monoisotopic (exact) mass is 179 g/mol. The molecular formula is C7H5N3OS. The van der Waals surface area contributed by atoms with E-state index in [1.165, 1.54) is 17.4 Å². The van der Waals surface area contributed by atoms with Crippen molar-refractivity contribution in [3.05, 3.63) is 23.4 Å². The van der Waals surface area contributed by atoms with Crippen LogP contribution >= 0.6 is 11.3 Å². The molecular weight excluding hydrogens is 174 g/mol. The fourth-order valence-corrected chi connectivity index (χ4v) is 1.28. The van der Waals surface area contributed by atoms with Crippen LogP contribution in [0.15, 0.2) is 22.0 Å². The lowest BCUT2D eigenvalue weighted by Crippen LogP contribution is -1.78. The molecule has 0 fully saturated rings. The fraction of sp³-hybridized carbons (Fsp3) is 0. The Labute approximate surface area is 72.6 Å². The first-order chi connectivity index (χ1) is 5.90. The summed E-state index contributed by atoms with van der Waals surface area (Å²) in [6.07, 6.45) is 1.50. The van der Waals surface area contributed by atoms with Gasteiger partial charge >= 0.3 is 0 Å². The molecule has 0 N–H and O–H groups in total. The first-order valence-electron chi connectivity index (χ1n) is 3.25. The Morgan fingerprint density at radius 1 is 1.58 bits per heavy atom. The lowest BCUT2D eigenvalue weighted by molar-refractivity contribution is 0.411. The standard InChI is InChI=1S/C7H5N3OS/c1-2-6-9-7(10-11-6)5-3-12-4-8-5/h2-4H,1H2. The summed E-state index contributed by atoms with van der Waals surface area (Å²) in [4.78, 5) is 8.05. The van der Waals surface area contributed by atoms with Crippen molar-refractivity contribution in [2.75, 3.05) is 0 Å². The van der Waals surface area contributed by atoms with Crippen LogP contribution in [0, 0.1) is 0 Å². The van der Waals surface area contributed by atoms with Crippen LogP contribution in [0.1, 0.15) is 5.89 Å². The highest BCUT2D eigenvalue weighted by atomic mass is 32.1. The number of thiazole rings is 1. The predicted molar refractivity (Wildman–Crippen MR) is 45.5 cm³/mol. The number of nitrogens with zero attached hydrogens (tertiary/aromatic N) is 3. The summed E-state index contributed by atoms with van der Waals surface area (Å²) in [7, 11) is 0. The third-order valence-corrected chi connectivity index (χ3v) is 1.86. The molecule has 0 aliphatic rings. The zero-order valence-corrected chi connectivity index (χ0v) is 6.91. The molecule has 2 heterocycles. The number of hydrogen-bond acceptors (Lipinski definition) is 5. The van der Waals surface area contributed by atoms with E-state index in [4.69, 9.17) is 4.52 Å². The summed E-state index contributed by atoms with van der Waals surface area (Å²) in [5.74, 6) is 0.921. The molecule has 60 valence electrons. The predicted octanol–water partition coefficient (Wildman–Crippen LogP) is 1.84. The second kappa shape index (κ2) is 2.86. The number of hydrogen-bond donors (Lipinski definition) is 0. The molecule has 0 aliphatic carbocycles. The second-order valence-electron chi connectivity index (χ2n) is 2.03. The summed E-state index contributed by atoms with van der Waals surface area (Å²) < 4.78 is 4.82. The molecule has 0 saturated carbocycles. The van der Waals surface area contributed by atoms with Gasteiger partial charge in [0.05, 0.1) is 5.51 Å². The van der Waals surface area contributed by atoms with Crippen molar-refractivity contribution < 1.29 is 4.52 Å². The molecule has 0 aromatic carbocycles. The summed E-state index contributed by atoms with van der Waals surface area (Å²) >= 11 is 1.49. The van der Waals surface area contributed by atoms with Gasteiger partial charge in [-0.1, -0.05) is 11.7 Å². The van der Waals surface area contributed by atoms with Crippen LogP contribution in [-0.4, -0.2) is 15.1 Å². The maximum absolute atomic E-state index is 4.82.